The van der Waals surface area contributed by atoms with Crippen molar-refractivity contribution < 1.29 is 14.6 Å². The van der Waals surface area contributed by atoms with Crippen molar-refractivity contribution in [3.63, 3.8) is 0 Å². The lowest BCUT2D eigenvalue weighted by Crippen LogP contribution is -1.98. The molecule has 0 aliphatic carbocycles. The molecule has 6 nitrogen and oxygen atoms in total. The molecule has 1 aromatic carbocycles. The summed E-state index contributed by atoms with van der Waals surface area (Å²) in [6.07, 6.45) is 3.51. The van der Waals surface area contributed by atoms with Crippen LogP contribution in [-0.2, 0) is 0 Å². The van der Waals surface area contributed by atoms with Gasteiger partial charge in [-0.05, 0) is 42.7 Å². The Morgan fingerprint density at radius 1 is 1.23 bits per heavy atom. The van der Waals surface area contributed by atoms with Crippen molar-refractivity contribution in [2.75, 3.05) is 7.11 Å². The van der Waals surface area contributed by atoms with E-state index in [4.69, 9.17) is 9.84 Å². The second kappa shape index (κ2) is 5.14. The fraction of sp³-hybridized carbons (Fsp3) is 0.188. The van der Waals surface area contributed by atoms with Gasteiger partial charge in [-0.1, -0.05) is 0 Å². The minimum atomic E-state index is -1.07. The number of carboxylic acids is 1. The summed E-state index contributed by atoms with van der Waals surface area (Å²) in [4.78, 5) is 15.3. The molecular weight excluding hydrogens is 282 g/mol. The minimum absolute atomic E-state index is 0.0205. The van der Waals surface area contributed by atoms with Crippen molar-refractivity contribution in [2.45, 2.75) is 13.8 Å². The van der Waals surface area contributed by atoms with E-state index in [1.807, 2.05) is 26.0 Å². The topological polar surface area (TPSA) is 76.7 Å². The number of hydrogen-bond donors (Lipinski definition) is 1. The lowest BCUT2D eigenvalue weighted by atomic mass is 9.97. The van der Waals surface area contributed by atoms with Crippen molar-refractivity contribution in [1.82, 2.24) is 14.6 Å². The normalized spacial score (nSPS) is 10.9. The second-order valence-corrected chi connectivity index (χ2v) is 5.12. The molecule has 2 aromatic heterocycles. The number of aryl methyl sites for hydroxylation is 2. The van der Waals surface area contributed by atoms with Gasteiger partial charge in [-0.25, -0.2) is 14.3 Å². The van der Waals surface area contributed by atoms with E-state index in [9.17, 15) is 4.79 Å². The number of carboxylic acid groups (broad SMARTS) is 1. The molecule has 0 unspecified atom stereocenters. The highest BCUT2D eigenvalue weighted by molar-refractivity contribution is 5.86. The van der Waals surface area contributed by atoms with Crippen molar-refractivity contribution in [2.24, 2.45) is 0 Å². The highest BCUT2D eigenvalue weighted by atomic mass is 16.5. The number of ether oxygens (including phenoxy) is 1. The highest BCUT2D eigenvalue weighted by Crippen LogP contribution is 2.30. The number of methoxy groups -OCH3 is 1. The van der Waals surface area contributed by atoms with Gasteiger partial charge < -0.3 is 9.84 Å². The van der Waals surface area contributed by atoms with Gasteiger partial charge in [0.2, 0.25) is 0 Å². The van der Waals surface area contributed by atoms with Gasteiger partial charge in [0.05, 0.1) is 7.11 Å². The van der Waals surface area contributed by atoms with Crippen LogP contribution >= 0.6 is 0 Å². The summed E-state index contributed by atoms with van der Waals surface area (Å²) in [7, 11) is 1.64. The predicted molar refractivity (Wildman–Crippen MR) is 81.4 cm³/mol. The first-order chi connectivity index (χ1) is 10.5. The number of carbonyl (C=O) groups is 1. The molecule has 0 aliphatic heterocycles. The van der Waals surface area contributed by atoms with E-state index in [0.717, 1.165) is 28.0 Å². The molecule has 3 aromatic rings. The Morgan fingerprint density at radius 3 is 2.50 bits per heavy atom. The van der Waals surface area contributed by atoms with E-state index in [1.54, 1.807) is 19.5 Å². The van der Waals surface area contributed by atoms with Gasteiger partial charge in [0.25, 0.3) is 0 Å². The van der Waals surface area contributed by atoms with Gasteiger partial charge in [-0.3, -0.25) is 0 Å². The summed E-state index contributed by atoms with van der Waals surface area (Å²) in [6, 6.07) is 5.36. The largest absolute Gasteiger partial charge is 0.497 e. The molecule has 3 rings (SSSR count). The number of rotatable bonds is 3. The van der Waals surface area contributed by atoms with E-state index < -0.39 is 5.97 Å². The summed E-state index contributed by atoms with van der Waals surface area (Å²) < 4.78 is 6.76. The molecule has 0 radical (unpaired) electrons. The maximum absolute atomic E-state index is 11.0. The van der Waals surface area contributed by atoms with Gasteiger partial charge in [0.15, 0.2) is 11.3 Å². The van der Waals surface area contributed by atoms with Gasteiger partial charge in [0.1, 0.15) is 5.75 Å². The maximum Gasteiger partial charge on any atom is 0.356 e. The fourth-order valence-electron chi connectivity index (χ4n) is 2.61. The molecule has 0 fully saturated rings. The van der Waals surface area contributed by atoms with Crippen LogP contribution in [0.2, 0.25) is 0 Å². The predicted octanol–water partition coefficient (Wildman–Crippen LogP) is 2.72. The van der Waals surface area contributed by atoms with Crippen molar-refractivity contribution >= 4 is 11.6 Å². The molecule has 0 amide bonds. The van der Waals surface area contributed by atoms with E-state index in [2.05, 4.69) is 10.1 Å². The smallest absolute Gasteiger partial charge is 0.356 e. The zero-order valence-electron chi connectivity index (χ0n) is 12.5. The number of aromatic nitrogens is 3. The molecule has 0 atom stereocenters. The fourth-order valence-corrected chi connectivity index (χ4v) is 2.61. The Bertz CT molecular complexity index is 860. The Labute approximate surface area is 127 Å². The van der Waals surface area contributed by atoms with E-state index in [0.29, 0.717) is 5.65 Å². The van der Waals surface area contributed by atoms with E-state index in [1.165, 1.54) is 10.6 Å². The van der Waals surface area contributed by atoms with Crippen LogP contribution in [0.5, 0.6) is 5.75 Å². The van der Waals surface area contributed by atoms with Crippen LogP contribution in [0.4, 0.5) is 0 Å². The molecule has 112 valence electrons. The van der Waals surface area contributed by atoms with Crippen LogP contribution in [0, 0.1) is 13.8 Å². The first-order valence-corrected chi connectivity index (χ1v) is 6.74. The van der Waals surface area contributed by atoms with Gasteiger partial charge in [-0.15, -0.1) is 0 Å². The Hall–Kier alpha value is -2.89. The maximum atomic E-state index is 11.0. The molecule has 0 saturated carbocycles. The first-order valence-electron chi connectivity index (χ1n) is 6.74. The quantitative estimate of drug-likeness (QED) is 0.804. The summed E-state index contributed by atoms with van der Waals surface area (Å²) in [5.74, 6) is -0.260. The third-order valence-electron chi connectivity index (χ3n) is 3.56. The average Bonchev–Trinajstić information content (AvgIpc) is 2.90. The van der Waals surface area contributed by atoms with Gasteiger partial charge in [-0.2, -0.15) is 5.10 Å². The van der Waals surface area contributed by atoms with Gasteiger partial charge >= 0.3 is 5.97 Å². The summed E-state index contributed by atoms with van der Waals surface area (Å²) in [5, 5.41) is 13.0. The zero-order chi connectivity index (χ0) is 15.9. The summed E-state index contributed by atoms with van der Waals surface area (Å²) >= 11 is 0. The van der Waals surface area contributed by atoms with E-state index in [-0.39, 0.29) is 5.69 Å². The molecule has 22 heavy (non-hydrogen) atoms. The lowest BCUT2D eigenvalue weighted by Gasteiger charge is -2.12. The third-order valence-corrected chi connectivity index (χ3v) is 3.56. The molecule has 1 N–H and O–H groups in total. The Kier molecular flexibility index (Phi) is 3.29. The number of nitrogens with zero attached hydrogens (tertiary/aromatic N) is 3. The van der Waals surface area contributed by atoms with Crippen molar-refractivity contribution in [1.29, 1.82) is 0 Å². The molecule has 6 heteroatoms. The van der Waals surface area contributed by atoms with Crippen LogP contribution in [0.25, 0.3) is 16.8 Å². The SMILES string of the molecule is COc1cc(C)c(-c2cnc3cc(C(=O)O)nn3c2)c(C)c1. The number of benzene rings is 1. The van der Waals surface area contributed by atoms with Crippen LogP contribution in [0.1, 0.15) is 21.6 Å². The third kappa shape index (κ3) is 2.28. The average molecular weight is 297 g/mol. The molecule has 0 spiro atoms. The Balaban J connectivity index is 2.16. The number of hydrogen-bond acceptors (Lipinski definition) is 4. The molecule has 0 bridgehead atoms. The zero-order valence-corrected chi connectivity index (χ0v) is 12.5. The minimum Gasteiger partial charge on any atom is -0.497 e. The number of fused-ring (bicyclic) bond motifs is 1. The first kappa shape index (κ1) is 14.1. The summed E-state index contributed by atoms with van der Waals surface area (Å²) in [6.45, 7) is 4.00. The monoisotopic (exact) mass is 297 g/mol. The van der Waals surface area contributed by atoms with Crippen molar-refractivity contribution in [3.05, 3.63) is 47.4 Å². The van der Waals surface area contributed by atoms with Crippen LogP contribution in [0.3, 0.4) is 0 Å². The van der Waals surface area contributed by atoms with Crippen LogP contribution in [0.15, 0.2) is 30.6 Å². The molecule has 2 heterocycles. The van der Waals surface area contributed by atoms with Gasteiger partial charge in [0, 0.05) is 24.0 Å². The number of aromatic carboxylic acids is 1. The van der Waals surface area contributed by atoms with Crippen LogP contribution in [-0.4, -0.2) is 32.8 Å². The van der Waals surface area contributed by atoms with E-state index >= 15 is 0 Å². The molecule has 0 aliphatic rings. The van der Waals surface area contributed by atoms with Crippen LogP contribution < -0.4 is 4.74 Å². The second-order valence-electron chi connectivity index (χ2n) is 5.12. The highest BCUT2D eigenvalue weighted by Gasteiger charge is 2.13. The lowest BCUT2D eigenvalue weighted by molar-refractivity contribution is 0.0690. The summed E-state index contributed by atoms with van der Waals surface area (Å²) in [5.41, 5.74) is 4.53. The standard InChI is InChI=1S/C16H15N3O3/c1-9-4-12(22-3)5-10(2)15(9)11-7-17-14-6-13(16(20)21)18-19(14)8-11/h4-8H,1-3H3,(H,20,21). The molecular formula is C16H15N3O3. The molecule has 0 saturated heterocycles. The Morgan fingerprint density at radius 2 is 1.91 bits per heavy atom. The van der Waals surface area contributed by atoms with Crippen molar-refractivity contribution in [3.8, 4) is 16.9 Å².